The van der Waals surface area contributed by atoms with Crippen molar-refractivity contribution in [1.82, 2.24) is 4.90 Å². The maximum Gasteiger partial charge on any atom is 0.243 e. The van der Waals surface area contributed by atoms with Crippen molar-refractivity contribution >= 4 is 5.91 Å². The minimum Gasteiger partial charge on any atom is -0.492 e. The lowest BCUT2D eigenvalue weighted by molar-refractivity contribution is -0.229. The van der Waals surface area contributed by atoms with Crippen molar-refractivity contribution in [2.24, 2.45) is 17.1 Å². The summed E-state index contributed by atoms with van der Waals surface area (Å²) in [5, 5.41) is 0. The standard InChI is InChI=1S/C19H28N2O3/c1-18(2)16-15(10-7-12-24-16)19(18,20)17(22)21(3)11-13-23-14-8-5-4-6-9-14/h4-6,8-9,15-16H,7,10-13,20H2,1-3H3. The van der Waals surface area contributed by atoms with Gasteiger partial charge in [-0.15, -0.1) is 0 Å². The second-order valence-corrected chi connectivity index (χ2v) is 7.52. The molecule has 1 aromatic rings. The zero-order valence-corrected chi connectivity index (χ0v) is 14.8. The highest BCUT2D eigenvalue weighted by Crippen LogP contribution is 2.57. The topological polar surface area (TPSA) is 64.8 Å². The van der Waals surface area contributed by atoms with E-state index in [-0.39, 0.29) is 23.3 Å². The van der Waals surface area contributed by atoms with Gasteiger partial charge in [0, 0.05) is 25.0 Å². The van der Waals surface area contributed by atoms with Crippen molar-refractivity contribution < 1.29 is 14.3 Å². The summed E-state index contributed by atoms with van der Waals surface area (Å²) in [6.45, 7) is 5.83. The lowest BCUT2D eigenvalue weighted by atomic mass is 9.46. The third kappa shape index (κ3) is 2.60. The van der Waals surface area contributed by atoms with E-state index < -0.39 is 5.54 Å². The molecule has 2 aliphatic rings. The van der Waals surface area contributed by atoms with Gasteiger partial charge in [0.25, 0.3) is 0 Å². The summed E-state index contributed by atoms with van der Waals surface area (Å²) in [5.41, 5.74) is 5.46. The molecule has 1 amide bonds. The number of nitrogens with two attached hydrogens (primary N) is 1. The van der Waals surface area contributed by atoms with Gasteiger partial charge in [-0.25, -0.2) is 0 Å². The number of para-hydroxylation sites is 1. The fourth-order valence-corrected chi connectivity index (χ4v) is 4.24. The minimum absolute atomic E-state index is 0.00379. The van der Waals surface area contributed by atoms with E-state index in [1.807, 2.05) is 44.2 Å². The molecule has 3 rings (SSSR count). The zero-order valence-electron chi connectivity index (χ0n) is 14.8. The maximum atomic E-state index is 13.0. The van der Waals surface area contributed by atoms with Crippen LogP contribution in [0.15, 0.2) is 30.3 Å². The summed E-state index contributed by atoms with van der Waals surface area (Å²) in [5.74, 6) is 0.924. The van der Waals surface area contributed by atoms with Gasteiger partial charge in [-0.05, 0) is 25.0 Å². The molecule has 1 heterocycles. The number of carbonyl (C=O) groups is 1. The predicted molar refractivity (Wildman–Crippen MR) is 92.7 cm³/mol. The molecule has 1 aliphatic heterocycles. The molecule has 0 aromatic heterocycles. The van der Waals surface area contributed by atoms with Crippen molar-refractivity contribution in [2.75, 3.05) is 26.8 Å². The van der Waals surface area contributed by atoms with Gasteiger partial charge in [-0.2, -0.15) is 0 Å². The highest BCUT2D eigenvalue weighted by atomic mass is 16.5. The average Bonchev–Trinajstić information content (AvgIpc) is 2.61. The molecule has 132 valence electrons. The lowest BCUT2D eigenvalue weighted by Gasteiger charge is -2.65. The smallest absolute Gasteiger partial charge is 0.243 e. The molecular weight excluding hydrogens is 304 g/mol. The fraction of sp³-hybridized carbons (Fsp3) is 0.632. The molecule has 3 unspecified atom stereocenters. The summed E-state index contributed by atoms with van der Waals surface area (Å²) < 4.78 is 11.6. The molecule has 5 nitrogen and oxygen atoms in total. The minimum atomic E-state index is -0.848. The van der Waals surface area contributed by atoms with Gasteiger partial charge in [0.05, 0.1) is 12.6 Å². The van der Waals surface area contributed by atoms with Gasteiger partial charge in [-0.3, -0.25) is 4.79 Å². The first-order valence-corrected chi connectivity index (χ1v) is 8.73. The van der Waals surface area contributed by atoms with E-state index in [0.717, 1.165) is 25.2 Å². The van der Waals surface area contributed by atoms with Crippen LogP contribution in [0, 0.1) is 11.3 Å². The van der Waals surface area contributed by atoms with Crippen LogP contribution in [0.1, 0.15) is 26.7 Å². The Morgan fingerprint density at radius 1 is 1.38 bits per heavy atom. The van der Waals surface area contributed by atoms with Gasteiger partial charge >= 0.3 is 0 Å². The van der Waals surface area contributed by atoms with E-state index in [1.54, 1.807) is 11.9 Å². The molecule has 0 spiro atoms. The number of carbonyl (C=O) groups excluding carboxylic acids is 1. The monoisotopic (exact) mass is 332 g/mol. The van der Waals surface area contributed by atoms with E-state index in [2.05, 4.69) is 0 Å². The normalized spacial score (nSPS) is 30.8. The molecular formula is C19H28N2O3. The van der Waals surface area contributed by atoms with Crippen LogP contribution in [0.25, 0.3) is 0 Å². The van der Waals surface area contributed by atoms with Gasteiger partial charge < -0.3 is 20.1 Å². The number of rotatable bonds is 5. The summed E-state index contributed by atoms with van der Waals surface area (Å²) >= 11 is 0. The van der Waals surface area contributed by atoms with Gasteiger partial charge in [0.1, 0.15) is 17.9 Å². The molecule has 3 atom stereocenters. The molecule has 1 aliphatic carbocycles. The van der Waals surface area contributed by atoms with Crippen LogP contribution >= 0.6 is 0 Å². The Morgan fingerprint density at radius 3 is 2.79 bits per heavy atom. The molecule has 0 bridgehead atoms. The Hall–Kier alpha value is -1.59. The molecule has 1 aromatic carbocycles. The molecule has 1 saturated heterocycles. The number of nitrogens with zero attached hydrogens (tertiary/aromatic N) is 1. The lowest BCUT2D eigenvalue weighted by Crippen LogP contribution is -2.82. The van der Waals surface area contributed by atoms with Crippen LogP contribution in [0.4, 0.5) is 0 Å². The second kappa shape index (κ2) is 6.37. The molecule has 24 heavy (non-hydrogen) atoms. The van der Waals surface area contributed by atoms with Crippen LogP contribution in [0.5, 0.6) is 5.75 Å². The average molecular weight is 332 g/mol. The molecule has 2 N–H and O–H groups in total. The van der Waals surface area contributed by atoms with Crippen LogP contribution in [-0.4, -0.2) is 49.3 Å². The Kier molecular flexibility index (Phi) is 4.58. The van der Waals surface area contributed by atoms with Crippen molar-refractivity contribution in [3.63, 3.8) is 0 Å². The van der Waals surface area contributed by atoms with Gasteiger partial charge in [-0.1, -0.05) is 32.0 Å². The second-order valence-electron chi connectivity index (χ2n) is 7.52. The number of likely N-dealkylation sites (N-methyl/N-ethyl adjacent to an activating group) is 1. The summed E-state index contributed by atoms with van der Waals surface area (Å²) in [4.78, 5) is 14.8. The van der Waals surface area contributed by atoms with Crippen molar-refractivity contribution in [2.45, 2.75) is 38.3 Å². The summed E-state index contributed by atoms with van der Waals surface area (Å²) in [6.07, 6.45) is 2.03. The molecule has 5 heteroatoms. The third-order valence-electron chi connectivity index (χ3n) is 5.82. The third-order valence-corrected chi connectivity index (χ3v) is 5.82. The SMILES string of the molecule is CN(CCOc1ccccc1)C(=O)C1(N)C2CCCOC2C1(C)C. The first kappa shape index (κ1) is 17.2. The van der Waals surface area contributed by atoms with Crippen LogP contribution in [0.2, 0.25) is 0 Å². The number of amides is 1. The fourth-order valence-electron chi connectivity index (χ4n) is 4.24. The van der Waals surface area contributed by atoms with Crippen molar-refractivity contribution in [3.8, 4) is 5.75 Å². The van der Waals surface area contributed by atoms with Gasteiger partial charge in [0.15, 0.2) is 0 Å². The van der Waals surface area contributed by atoms with Crippen molar-refractivity contribution in [1.29, 1.82) is 0 Å². The molecule has 1 saturated carbocycles. The molecule has 2 fully saturated rings. The first-order chi connectivity index (χ1) is 11.4. The Balaban J connectivity index is 1.60. The number of hydrogen-bond donors (Lipinski definition) is 1. The van der Waals surface area contributed by atoms with Gasteiger partial charge in [0.2, 0.25) is 5.91 Å². The highest BCUT2D eigenvalue weighted by Gasteiger charge is 2.70. The summed E-state index contributed by atoms with van der Waals surface area (Å²) in [6, 6.07) is 9.62. The quantitative estimate of drug-likeness (QED) is 0.896. The number of fused-ring (bicyclic) bond motifs is 1. The first-order valence-electron chi connectivity index (χ1n) is 8.73. The Bertz CT molecular complexity index is 590. The van der Waals surface area contributed by atoms with Crippen LogP contribution in [-0.2, 0) is 9.53 Å². The number of ether oxygens (including phenoxy) is 2. The molecule has 0 radical (unpaired) electrons. The van der Waals surface area contributed by atoms with Crippen LogP contribution < -0.4 is 10.5 Å². The number of hydrogen-bond acceptors (Lipinski definition) is 4. The zero-order chi connectivity index (χ0) is 17.4. The largest absolute Gasteiger partial charge is 0.492 e. The van der Waals surface area contributed by atoms with E-state index in [0.29, 0.717) is 13.2 Å². The van der Waals surface area contributed by atoms with E-state index in [9.17, 15) is 4.79 Å². The predicted octanol–water partition coefficient (Wildman–Crippen LogP) is 2.06. The number of benzene rings is 1. The Labute approximate surface area is 144 Å². The maximum absolute atomic E-state index is 13.0. The van der Waals surface area contributed by atoms with E-state index in [1.165, 1.54) is 0 Å². The Morgan fingerprint density at radius 2 is 2.08 bits per heavy atom. The van der Waals surface area contributed by atoms with Crippen LogP contribution in [0.3, 0.4) is 0 Å². The van der Waals surface area contributed by atoms with E-state index in [4.69, 9.17) is 15.2 Å². The summed E-state index contributed by atoms with van der Waals surface area (Å²) in [7, 11) is 1.80. The van der Waals surface area contributed by atoms with E-state index >= 15 is 0 Å². The van der Waals surface area contributed by atoms with Crippen molar-refractivity contribution in [3.05, 3.63) is 30.3 Å². The highest BCUT2D eigenvalue weighted by molar-refractivity contribution is 5.89.